The van der Waals surface area contributed by atoms with Crippen LogP contribution in [0.2, 0.25) is 0 Å². The van der Waals surface area contributed by atoms with Gasteiger partial charge in [-0.15, -0.1) is 0 Å². The van der Waals surface area contributed by atoms with Crippen molar-refractivity contribution in [2.24, 2.45) is 11.7 Å². The predicted octanol–water partition coefficient (Wildman–Crippen LogP) is 0.388. The van der Waals surface area contributed by atoms with Crippen molar-refractivity contribution in [2.75, 3.05) is 5.75 Å². The van der Waals surface area contributed by atoms with Crippen LogP contribution in [-0.2, 0) is 9.59 Å². The van der Waals surface area contributed by atoms with Crippen molar-refractivity contribution in [3.05, 3.63) is 0 Å². The third-order valence-corrected chi connectivity index (χ3v) is 2.10. The highest BCUT2D eigenvalue weighted by atomic mass is 32.2. The molecule has 10 heavy (non-hydrogen) atoms. The van der Waals surface area contributed by atoms with Crippen LogP contribution in [0.15, 0.2) is 0 Å². The van der Waals surface area contributed by atoms with E-state index >= 15 is 0 Å². The average molecular weight is 161 g/mol. The summed E-state index contributed by atoms with van der Waals surface area (Å²) >= 11 is 1.13. The monoisotopic (exact) mass is 161 g/mol. The van der Waals surface area contributed by atoms with Gasteiger partial charge in [0.05, 0.1) is 0 Å². The third kappa shape index (κ3) is 4.38. The summed E-state index contributed by atoms with van der Waals surface area (Å²) in [6, 6.07) is 0. The van der Waals surface area contributed by atoms with E-state index in [0.717, 1.165) is 11.8 Å². The zero-order valence-corrected chi connectivity index (χ0v) is 6.90. The molecule has 0 saturated heterocycles. The summed E-state index contributed by atoms with van der Waals surface area (Å²) in [5.41, 5.74) is 4.96. The van der Waals surface area contributed by atoms with Crippen molar-refractivity contribution in [1.29, 1.82) is 0 Å². The molecule has 2 N–H and O–H groups in total. The molecule has 0 fully saturated rings. The minimum atomic E-state index is -0.353. The molecule has 0 heterocycles. The minimum absolute atomic E-state index is 0.0214. The molecule has 1 atom stereocenters. The molecule has 58 valence electrons. The highest BCUT2D eigenvalue weighted by Crippen LogP contribution is 2.07. The van der Waals surface area contributed by atoms with Crippen LogP contribution in [0.3, 0.4) is 0 Å². The van der Waals surface area contributed by atoms with Gasteiger partial charge in [-0.1, -0.05) is 18.7 Å². The van der Waals surface area contributed by atoms with E-state index in [1.165, 1.54) is 6.92 Å². The lowest BCUT2D eigenvalue weighted by Gasteiger charge is -2.02. The van der Waals surface area contributed by atoms with Crippen molar-refractivity contribution in [1.82, 2.24) is 0 Å². The number of hydrogen-bond donors (Lipinski definition) is 1. The quantitative estimate of drug-likeness (QED) is 0.651. The molecule has 0 bridgehead atoms. The molecular weight excluding hydrogens is 150 g/mol. The molecule has 0 radical (unpaired) electrons. The second kappa shape index (κ2) is 4.33. The first kappa shape index (κ1) is 9.49. The topological polar surface area (TPSA) is 60.2 Å². The van der Waals surface area contributed by atoms with Gasteiger partial charge in [-0.25, -0.2) is 0 Å². The fraction of sp³-hybridized carbons (Fsp3) is 0.667. The number of amides is 1. The molecule has 0 aliphatic heterocycles. The molecule has 0 rings (SSSR count). The Kier molecular flexibility index (Phi) is 4.11. The Bertz CT molecular complexity index is 147. The van der Waals surface area contributed by atoms with Gasteiger partial charge in [0, 0.05) is 18.6 Å². The van der Waals surface area contributed by atoms with Gasteiger partial charge in [-0.3, -0.25) is 9.59 Å². The number of primary amides is 1. The number of hydrogen-bond acceptors (Lipinski definition) is 3. The Morgan fingerprint density at radius 3 is 2.40 bits per heavy atom. The Labute approximate surface area is 64.4 Å². The summed E-state index contributed by atoms with van der Waals surface area (Å²) in [6.07, 6.45) is 0. The maximum Gasteiger partial charge on any atom is 0.221 e. The van der Waals surface area contributed by atoms with Gasteiger partial charge >= 0.3 is 0 Å². The summed E-state index contributed by atoms with van der Waals surface area (Å²) in [5, 5.41) is 0.0214. The molecule has 1 amide bonds. The van der Waals surface area contributed by atoms with Crippen molar-refractivity contribution in [2.45, 2.75) is 13.8 Å². The first-order valence-electron chi connectivity index (χ1n) is 2.96. The molecule has 0 aromatic heterocycles. The molecule has 0 saturated carbocycles. The van der Waals surface area contributed by atoms with Gasteiger partial charge in [0.15, 0.2) is 5.12 Å². The summed E-state index contributed by atoms with van der Waals surface area (Å²) < 4.78 is 0. The molecule has 0 aromatic carbocycles. The molecule has 4 heteroatoms. The van der Waals surface area contributed by atoms with Crippen LogP contribution in [0, 0.1) is 5.92 Å². The lowest BCUT2D eigenvalue weighted by Crippen LogP contribution is -2.22. The SMILES string of the molecule is CC(=O)SC[C@@H](C)C(N)=O. The Morgan fingerprint density at radius 1 is 1.60 bits per heavy atom. The molecule has 0 aliphatic carbocycles. The summed E-state index contributed by atoms with van der Waals surface area (Å²) in [6.45, 7) is 3.18. The van der Waals surface area contributed by atoms with E-state index < -0.39 is 0 Å². The lowest BCUT2D eigenvalue weighted by molar-refractivity contribution is -0.120. The van der Waals surface area contributed by atoms with Crippen molar-refractivity contribution < 1.29 is 9.59 Å². The van der Waals surface area contributed by atoms with Crippen LogP contribution in [0.1, 0.15) is 13.8 Å². The van der Waals surface area contributed by atoms with Gasteiger partial charge in [0.25, 0.3) is 0 Å². The van der Waals surface area contributed by atoms with Crippen LogP contribution in [-0.4, -0.2) is 16.8 Å². The van der Waals surface area contributed by atoms with Crippen LogP contribution < -0.4 is 5.73 Å². The normalized spacial score (nSPS) is 12.6. The first-order valence-corrected chi connectivity index (χ1v) is 3.95. The zero-order chi connectivity index (χ0) is 8.15. The van der Waals surface area contributed by atoms with Crippen molar-refractivity contribution >= 4 is 22.8 Å². The number of carbonyl (C=O) groups is 2. The van der Waals surface area contributed by atoms with Crippen LogP contribution in [0.5, 0.6) is 0 Å². The number of rotatable bonds is 3. The van der Waals surface area contributed by atoms with Crippen LogP contribution >= 0.6 is 11.8 Å². The van der Waals surface area contributed by atoms with Crippen molar-refractivity contribution in [3.8, 4) is 0 Å². The standard InChI is InChI=1S/C6H11NO2S/c1-4(6(7)9)3-10-5(2)8/h4H,3H2,1-2H3,(H2,7,9)/t4-/m1/s1. The number of carbonyl (C=O) groups excluding carboxylic acids is 2. The van der Waals surface area contributed by atoms with Gasteiger partial charge in [0.1, 0.15) is 0 Å². The molecular formula is C6H11NO2S. The number of nitrogens with two attached hydrogens (primary N) is 1. The minimum Gasteiger partial charge on any atom is -0.369 e. The van der Waals surface area contributed by atoms with E-state index in [9.17, 15) is 9.59 Å². The van der Waals surface area contributed by atoms with Gasteiger partial charge in [-0.2, -0.15) is 0 Å². The van der Waals surface area contributed by atoms with Crippen LogP contribution in [0.4, 0.5) is 0 Å². The van der Waals surface area contributed by atoms with E-state index in [1.807, 2.05) is 0 Å². The van der Waals surface area contributed by atoms with E-state index in [0.29, 0.717) is 5.75 Å². The highest BCUT2D eigenvalue weighted by Gasteiger charge is 2.08. The molecule has 0 unspecified atom stereocenters. The third-order valence-electron chi connectivity index (χ3n) is 1.02. The fourth-order valence-corrected chi connectivity index (χ4v) is 0.973. The largest absolute Gasteiger partial charge is 0.369 e. The molecule has 3 nitrogen and oxygen atoms in total. The smallest absolute Gasteiger partial charge is 0.221 e. The summed E-state index contributed by atoms with van der Waals surface area (Å²) in [4.78, 5) is 20.8. The Balaban J connectivity index is 3.49. The van der Waals surface area contributed by atoms with Crippen LogP contribution in [0.25, 0.3) is 0 Å². The summed E-state index contributed by atoms with van der Waals surface area (Å²) in [5.74, 6) is -0.0762. The average Bonchev–Trinajstić information content (AvgIpc) is 1.82. The molecule has 0 spiro atoms. The van der Waals surface area contributed by atoms with E-state index in [2.05, 4.69) is 0 Å². The van der Waals surface area contributed by atoms with E-state index in [-0.39, 0.29) is 16.9 Å². The molecule has 0 aromatic rings. The second-order valence-corrected chi connectivity index (χ2v) is 3.30. The Morgan fingerprint density at radius 2 is 2.10 bits per heavy atom. The number of thioether (sulfide) groups is 1. The fourth-order valence-electron chi connectivity index (χ4n) is 0.324. The maximum atomic E-state index is 10.4. The second-order valence-electron chi connectivity index (χ2n) is 2.11. The van der Waals surface area contributed by atoms with Gasteiger partial charge in [0.2, 0.25) is 5.91 Å². The predicted molar refractivity (Wildman–Crippen MR) is 41.5 cm³/mol. The summed E-state index contributed by atoms with van der Waals surface area (Å²) in [7, 11) is 0. The maximum absolute atomic E-state index is 10.4. The van der Waals surface area contributed by atoms with Crippen molar-refractivity contribution in [3.63, 3.8) is 0 Å². The molecule has 0 aliphatic rings. The zero-order valence-electron chi connectivity index (χ0n) is 6.09. The Hall–Kier alpha value is -0.510. The highest BCUT2D eigenvalue weighted by molar-refractivity contribution is 8.13. The van der Waals surface area contributed by atoms with Gasteiger partial charge in [-0.05, 0) is 0 Å². The lowest BCUT2D eigenvalue weighted by atomic mass is 10.2. The van der Waals surface area contributed by atoms with Gasteiger partial charge < -0.3 is 5.73 Å². The van der Waals surface area contributed by atoms with E-state index in [1.54, 1.807) is 6.92 Å². The van der Waals surface area contributed by atoms with E-state index in [4.69, 9.17) is 5.73 Å². The first-order chi connectivity index (χ1) is 4.54.